The maximum absolute atomic E-state index is 5.30. The third-order valence-electron chi connectivity index (χ3n) is 3.46. The molecule has 2 unspecified atom stereocenters. The van der Waals surface area contributed by atoms with Crippen LogP contribution in [0.15, 0.2) is 6.20 Å². The van der Waals surface area contributed by atoms with E-state index in [-0.39, 0.29) is 0 Å². The number of hydrogen-bond donors (Lipinski definition) is 3. The highest BCUT2D eigenvalue weighted by molar-refractivity contribution is 5.46. The molecular formula is C12H21N5. The van der Waals surface area contributed by atoms with Crippen LogP contribution < -0.4 is 16.6 Å². The van der Waals surface area contributed by atoms with Crippen LogP contribution in [0.3, 0.4) is 0 Å². The summed E-state index contributed by atoms with van der Waals surface area (Å²) in [6.45, 7) is 5.32. The van der Waals surface area contributed by atoms with Crippen LogP contribution >= 0.6 is 0 Å². The molecule has 1 aromatic heterocycles. The van der Waals surface area contributed by atoms with Gasteiger partial charge in [0.2, 0.25) is 5.95 Å². The number of aryl methyl sites for hydroxylation is 1. The molecule has 4 N–H and O–H groups in total. The zero-order valence-corrected chi connectivity index (χ0v) is 10.5. The second-order valence-corrected chi connectivity index (χ2v) is 5.03. The minimum Gasteiger partial charge on any atom is -0.369 e. The quantitative estimate of drug-likeness (QED) is 0.549. The third kappa shape index (κ3) is 3.06. The van der Waals surface area contributed by atoms with Gasteiger partial charge < -0.3 is 5.32 Å². The van der Waals surface area contributed by atoms with Gasteiger partial charge in [0.15, 0.2) is 0 Å². The Bertz CT molecular complexity index is 379. The van der Waals surface area contributed by atoms with Gasteiger partial charge in [-0.25, -0.2) is 10.8 Å². The SMILES string of the molecule is Cc1cnc(NN)nc1NCC1CCC(C)C1. The van der Waals surface area contributed by atoms with E-state index in [1.807, 2.05) is 6.92 Å². The molecule has 0 aromatic carbocycles. The standard InChI is InChI=1S/C12H21N5/c1-8-3-4-10(5-8)7-14-11-9(2)6-15-12(16-11)17-13/h6,8,10H,3-5,7,13H2,1-2H3,(H2,14,15,16,17). The minimum absolute atomic E-state index is 0.456. The fraction of sp³-hybridized carbons (Fsp3) is 0.667. The summed E-state index contributed by atoms with van der Waals surface area (Å²) in [6, 6.07) is 0. The Balaban J connectivity index is 1.94. The second kappa shape index (κ2) is 5.31. The fourth-order valence-electron chi connectivity index (χ4n) is 2.44. The topological polar surface area (TPSA) is 75.9 Å². The molecule has 1 aliphatic carbocycles. The normalized spacial score (nSPS) is 23.7. The zero-order valence-electron chi connectivity index (χ0n) is 10.5. The molecule has 0 bridgehead atoms. The van der Waals surface area contributed by atoms with Crippen LogP contribution in [-0.4, -0.2) is 16.5 Å². The Kier molecular flexibility index (Phi) is 3.78. The molecule has 0 radical (unpaired) electrons. The molecule has 17 heavy (non-hydrogen) atoms. The van der Waals surface area contributed by atoms with E-state index < -0.39 is 0 Å². The van der Waals surface area contributed by atoms with Crippen molar-refractivity contribution in [1.82, 2.24) is 9.97 Å². The lowest BCUT2D eigenvalue weighted by atomic mass is 10.1. The van der Waals surface area contributed by atoms with E-state index in [1.54, 1.807) is 6.20 Å². The van der Waals surface area contributed by atoms with Crippen molar-refractivity contribution in [3.05, 3.63) is 11.8 Å². The molecule has 1 heterocycles. The molecule has 5 heteroatoms. The van der Waals surface area contributed by atoms with Crippen LogP contribution in [0.5, 0.6) is 0 Å². The number of nitrogens with one attached hydrogen (secondary N) is 2. The van der Waals surface area contributed by atoms with Gasteiger partial charge >= 0.3 is 0 Å². The number of rotatable bonds is 4. The molecule has 2 atom stereocenters. The van der Waals surface area contributed by atoms with E-state index in [4.69, 9.17) is 5.84 Å². The number of hydrogen-bond acceptors (Lipinski definition) is 5. The summed E-state index contributed by atoms with van der Waals surface area (Å²) < 4.78 is 0. The van der Waals surface area contributed by atoms with Crippen molar-refractivity contribution in [3.63, 3.8) is 0 Å². The number of nitrogen functional groups attached to an aromatic ring is 1. The fourth-order valence-corrected chi connectivity index (χ4v) is 2.44. The molecule has 0 aliphatic heterocycles. The molecule has 0 spiro atoms. The highest BCUT2D eigenvalue weighted by Gasteiger charge is 2.21. The van der Waals surface area contributed by atoms with Crippen LogP contribution in [0.1, 0.15) is 31.7 Å². The largest absolute Gasteiger partial charge is 0.369 e. The molecule has 1 aliphatic rings. The summed E-state index contributed by atoms with van der Waals surface area (Å²) in [5, 5.41) is 3.40. The van der Waals surface area contributed by atoms with Gasteiger partial charge in [-0.3, -0.25) is 5.43 Å². The first-order valence-electron chi connectivity index (χ1n) is 6.23. The van der Waals surface area contributed by atoms with E-state index in [9.17, 15) is 0 Å². The number of anilines is 2. The summed E-state index contributed by atoms with van der Waals surface area (Å²) in [5.74, 6) is 8.28. The molecule has 0 amide bonds. The van der Waals surface area contributed by atoms with Gasteiger partial charge in [-0.15, -0.1) is 0 Å². The van der Waals surface area contributed by atoms with E-state index >= 15 is 0 Å². The van der Waals surface area contributed by atoms with Crippen molar-refractivity contribution < 1.29 is 0 Å². The lowest BCUT2D eigenvalue weighted by Crippen LogP contribution is -2.16. The van der Waals surface area contributed by atoms with Crippen molar-refractivity contribution in [2.45, 2.75) is 33.1 Å². The summed E-state index contributed by atoms with van der Waals surface area (Å²) in [5.41, 5.74) is 3.52. The van der Waals surface area contributed by atoms with Gasteiger partial charge in [0.05, 0.1) is 0 Å². The second-order valence-electron chi connectivity index (χ2n) is 5.03. The molecule has 94 valence electrons. The Morgan fingerprint density at radius 3 is 2.94 bits per heavy atom. The first kappa shape index (κ1) is 12.1. The van der Waals surface area contributed by atoms with Gasteiger partial charge in [-0.2, -0.15) is 4.98 Å². The van der Waals surface area contributed by atoms with Gasteiger partial charge in [0.25, 0.3) is 0 Å². The third-order valence-corrected chi connectivity index (χ3v) is 3.46. The lowest BCUT2D eigenvalue weighted by Gasteiger charge is -2.13. The molecular weight excluding hydrogens is 214 g/mol. The highest BCUT2D eigenvalue weighted by Crippen LogP contribution is 2.30. The Labute approximate surface area is 102 Å². The molecule has 1 fully saturated rings. The van der Waals surface area contributed by atoms with Crippen LogP contribution in [0, 0.1) is 18.8 Å². The molecule has 1 saturated carbocycles. The van der Waals surface area contributed by atoms with Crippen molar-refractivity contribution in [1.29, 1.82) is 0 Å². The predicted octanol–water partition coefficient (Wildman–Crippen LogP) is 1.92. The van der Waals surface area contributed by atoms with Crippen LogP contribution in [0.25, 0.3) is 0 Å². The average molecular weight is 235 g/mol. The van der Waals surface area contributed by atoms with Crippen molar-refractivity contribution in [2.24, 2.45) is 17.7 Å². The Morgan fingerprint density at radius 2 is 2.29 bits per heavy atom. The lowest BCUT2D eigenvalue weighted by molar-refractivity contribution is 0.536. The Morgan fingerprint density at radius 1 is 1.47 bits per heavy atom. The van der Waals surface area contributed by atoms with Crippen molar-refractivity contribution in [2.75, 3.05) is 17.3 Å². The Hall–Kier alpha value is -1.36. The van der Waals surface area contributed by atoms with Gasteiger partial charge in [-0.05, 0) is 31.6 Å². The van der Waals surface area contributed by atoms with Crippen LogP contribution in [-0.2, 0) is 0 Å². The van der Waals surface area contributed by atoms with Crippen LogP contribution in [0.2, 0.25) is 0 Å². The van der Waals surface area contributed by atoms with E-state index in [0.29, 0.717) is 5.95 Å². The van der Waals surface area contributed by atoms with Crippen molar-refractivity contribution in [3.8, 4) is 0 Å². The molecule has 5 nitrogen and oxygen atoms in total. The van der Waals surface area contributed by atoms with Gasteiger partial charge in [0, 0.05) is 18.3 Å². The summed E-state index contributed by atoms with van der Waals surface area (Å²) >= 11 is 0. The monoisotopic (exact) mass is 235 g/mol. The number of nitrogens with two attached hydrogens (primary N) is 1. The summed E-state index contributed by atoms with van der Waals surface area (Å²) in [6.07, 6.45) is 5.77. The van der Waals surface area contributed by atoms with E-state index in [2.05, 4.69) is 27.6 Å². The molecule has 0 saturated heterocycles. The minimum atomic E-state index is 0.456. The maximum Gasteiger partial charge on any atom is 0.239 e. The zero-order chi connectivity index (χ0) is 12.3. The van der Waals surface area contributed by atoms with Gasteiger partial charge in [-0.1, -0.05) is 13.3 Å². The molecule has 2 rings (SSSR count). The smallest absolute Gasteiger partial charge is 0.239 e. The number of nitrogens with zero attached hydrogens (tertiary/aromatic N) is 2. The van der Waals surface area contributed by atoms with Gasteiger partial charge in [0.1, 0.15) is 5.82 Å². The summed E-state index contributed by atoms with van der Waals surface area (Å²) in [4.78, 5) is 8.37. The maximum atomic E-state index is 5.30. The van der Waals surface area contributed by atoms with Crippen LogP contribution in [0.4, 0.5) is 11.8 Å². The highest BCUT2D eigenvalue weighted by atomic mass is 15.3. The van der Waals surface area contributed by atoms with Crippen molar-refractivity contribution >= 4 is 11.8 Å². The summed E-state index contributed by atoms with van der Waals surface area (Å²) in [7, 11) is 0. The first-order valence-corrected chi connectivity index (χ1v) is 6.23. The van der Waals surface area contributed by atoms with E-state index in [0.717, 1.165) is 29.8 Å². The average Bonchev–Trinajstić information content (AvgIpc) is 2.74. The predicted molar refractivity (Wildman–Crippen MR) is 69.6 cm³/mol. The number of hydrazine groups is 1. The first-order chi connectivity index (χ1) is 8.19. The van der Waals surface area contributed by atoms with E-state index in [1.165, 1.54) is 19.3 Å². The number of aromatic nitrogens is 2. The molecule has 1 aromatic rings.